The molecule has 0 spiro atoms. The van der Waals surface area contributed by atoms with Crippen LogP contribution in [0.25, 0.3) is 10.8 Å². The number of phenolic OH excluding ortho intramolecular Hbond substituents is 1. The number of anilines is 2. The summed E-state index contributed by atoms with van der Waals surface area (Å²) in [5, 5.41) is 20.0. The fraction of sp³-hybridized carbons (Fsp3) is 0.118. The van der Waals surface area contributed by atoms with Crippen molar-refractivity contribution in [3.63, 3.8) is 0 Å². The van der Waals surface area contributed by atoms with Crippen LogP contribution in [0.4, 0.5) is 34.1 Å². The van der Waals surface area contributed by atoms with Crippen LogP contribution in [-0.4, -0.2) is 18.5 Å². The molecule has 0 aliphatic rings. The first kappa shape index (κ1) is 34.2. The van der Waals surface area contributed by atoms with Crippen LogP contribution in [-0.2, 0) is 0 Å². The molecule has 0 radical (unpaired) electrons. The van der Waals surface area contributed by atoms with Crippen LogP contribution in [0.5, 0.6) is 5.75 Å². The van der Waals surface area contributed by atoms with E-state index in [1.54, 1.807) is 30.3 Å². The molecule has 7 nitrogen and oxygen atoms in total. The molecule has 5 aromatic rings. The standard InChI is InChI=1S/C17H15N5OS3.C9H11N.C8H10/c1-20-10-6-11(24)8-5-13(26)16(17(23)14(8)15(10)19)22-21-9-3-2-7(18)4-12(9)25;1-7-4-5-9(10-3)8(2)6-7;1-7-3-5-8(2)6-4-7/h2-6,23-26H,1,18-19H2;4-6H,3H2,1-2H3;3-6H,1-2H3. The van der Waals surface area contributed by atoms with Crippen LogP contribution in [0, 0.1) is 27.7 Å². The number of hydrogen-bond donors (Lipinski definition) is 6. The summed E-state index contributed by atoms with van der Waals surface area (Å²) >= 11 is 13.1. The molecule has 0 atom stereocenters. The molecule has 0 saturated carbocycles. The molecule has 0 saturated heterocycles. The molecular weight excluding hydrogens is 605 g/mol. The smallest absolute Gasteiger partial charge is 0.154 e. The highest BCUT2D eigenvalue weighted by Gasteiger charge is 2.17. The number of nitrogens with two attached hydrogens (primary N) is 2. The van der Waals surface area contributed by atoms with E-state index < -0.39 is 0 Å². The predicted octanol–water partition coefficient (Wildman–Crippen LogP) is 10.3. The lowest BCUT2D eigenvalue weighted by Gasteiger charge is -2.13. The van der Waals surface area contributed by atoms with Gasteiger partial charge < -0.3 is 16.6 Å². The Bertz CT molecular complexity index is 1830. The van der Waals surface area contributed by atoms with Crippen molar-refractivity contribution in [2.75, 3.05) is 11.5 Å². The van der Waals surface area contributed by atoms with Gasteiger partial charge in [0.25, 0.3) is 0 Å². The van der Waals surface area contributed by atoms with Crippen molar-refractivity contribution in [1.82, 2.24) is 0 Å². The summed E-state index contributed by atoms with van der Waals surface area (Å²) in [7, 11) is 0. The van der Waals surface area contributed by atoms with Gasteiger partial charge in [-0.25, -0.2) is 0 Å². The quantitative estimate of drug-likeness (QED) is 0.0507. The molecule has 0 heterocycles. The Labute approximate surface area is 275 Å². The number of fused-ring (bicyclic) bond motifs is 1. The van der Waals surface area contributed by atoms with Crippen LogP contribution in [0.15, 0.2) is 108 Å². The van der Waals surface area contributed by atoms with Gasteiger partial charge >= 0.3 is 0 Å². The lowest BCUT2D eigenvalue weighted by atomic mass is 10.0. The summed E-state index contributed by atoms with van der Waals surface area (Å²) in [6, 6.07) is 23.0. The molecule has 44 heavy (non-hydrogen) atoms. The number of nitrogen functional groups attached to an aromatic ring is 2. The highest BCUT2D eigenvalue weighted by Crippen LogP contribution is 2.47. The number of nitrogens with zero attached hydrogens (tertiary/aromatic N) is 4. The predicted molar refractivity (Wildman–Crippen MR) is 197 cm³/mol. The van der Waals surface area contributed by atoms with Gasteiger partial charge in [-0.15, -0.1) is 48.1 Å². The zero-order valence-corrected chi connectivity index (χ0v) is 27.8. The molecule has 226 valence electrons. The first-order valence-electron chi connectivity index (χ1n) is 13.4. The first-order valence-corrected chi connectivity index (χ1v) is 14.7. The van der Waals surface area contributed by atoms with Crippen molar-refractivity contribution in [1.29, 1.82) is 0 Å². The largest absolute Gasteiger partial charge is 0.505 e. The number of benzene rings is 5. The van der Waals surface area contributed by atoms with E-state index in [1.807, 2.05) is 19.1 Å². The van der Waals surface area contributed by atoms with Crippen LogP contribution in [0.2, 0.25) is 0 Å². The monoisotopic (exact) mass is 640 g/mol. The number of rotatable bonds is 4. The van der Waals surface area contributed by atoms with E-state index in [1.165, 1.54) is 22.3 Å². The molecule has 0 aliphatic heterocycles. The van der Waals surface area contributed by atoms with Gasteiger partial charge in [0.1, 0.15) is 5.69 Å². The topological polar surface area (TPSA) is 122 Å². The maximum atomic E-state index is 10.7. The molecule has 0 unspecified atom stereocenters. The van der Waals surface area contributed by atoms with Gasteiger partial charge in [-0.2, -0.15) is 0 Å². The van der Waals surface area contributed by atoms with Crippen molar-refractivity contribution in [2.45, 2.75) is 42.4 Å². The fourth-order valence-electron chi connectivity index (χ4n) is 4.11. The third-order valence-corrected chi connectivity index (χ3v) is 7.59. The number of azo groups is 1. The van der Waals surface area contributed by atoms with Gasteiger partial charge in [-0.05, 0) is 83.1 Å². The summed E-state index contributed by atoms with van der Waals surface area (Å²) in [5.74, 6) is -0.161. The van der Waals surface area contributed by atoms with Gasteiger partial charge in [-0.3, -0.25) is 9.98 Å². The van der Waals surface area contributed by atoms with Crippen molar-refractivity contribution in [3.05, 3.63) is 95.1 Å². The minimum absolute atomic E-state index is 0.161. The van der Waals surface area contributed by atoms with E-state index in [0.717, 1.165) is 5.69 Å². The number of aliphatic imine (C=N–C) groups is 2. The molecule has 0 fully saturated rings. The maximum absolute atomic E-state index is 10.7. The fourth-order valence-corrected chi connectivity index (χ4v) is 4.96. The second-order valence-corrected chi connectivity index (χ2v) is 11.5. The molecule has 5 aromatic carbocycles. The Hall–Kier alpha value is -4.25. The molecule has 0 aromatic heterocycles. The average Bonchev–Trinajstić information content (AvgIpc) is 2.98. The van der Waals surface area contributed by atoms with Gasteiger partial charge in [0, 0.05) is 25.8 Å². The zero-order valence-electron chi connectivity index (χ0n) is 25.1. The van der Waals surface area contributed by atoms with Crippen LogP contribution in [0.1, 0.15) is 22.3 Å². The third-order valence-electron chi connectivity index (χ3n) is 6.52. The van der Waals surface area contributed by atoms with E-state index in [9.17, 15) is 5.11 Å². The van der Waals surface area contributed by atoms with Crippen molar-refractivity contribution in [2.24, 2.45) is 20.2 Å². The number of phenols is 1. The number of thiol groups is 3. The lowest BCUT2D eigenvalue weighted by molar-refractivity contribution is 0.481. The minimum atomic E-state index is -0.161. The average molecular weight is 641 g/mol. The van der Waals surface area contributed by atoms with Gasteiger partial charge in [-0.1, -0.05) is 53.1 Å². The SMILES string of the molecule is C=Nc1cc(S)c2cc(S)c(N=Nc3ccc(N)cc3S)c(O)c2c1N.C=Nc1ccc(C)cc1C.Cc1ccc(C)cc1. The number of hydrogen-bond acceptors (Lipinski definition) is 10. The normalized spacial score (nSPS) is 10.5. The lowest BCUT2D eigenvalue weighted by Crippen LogP contribution is -1.91. The van der Waals surface area contributed by atoms with Crippen molar-refractivity contribution >= 4 is 96.2 Å². The molecule has 10 heteroatoms. The Kier molecular flexibility index (Phi) is 12.0. The van der Waals surface area contributed by atoms with Crippen LogP contribution >= 0.6 is 37.9 Å². The number of aromatic hydroxyl groups is 1. The number of aryl methyl sites for hydroxylation is 4. The van der Waals surface area contributed by atoms with Crippen molar-refractivity contribution < 1.29 is 5.11 Å². The van der Waals surface area contributed by atoms with E-state index >= 15 is 0 Å². The second-order valence-electron chi connectivity index (χ2n) is 10.1. The molecule has 0 amide bonds. The molecule has 5 N–H and O–H groups in total. The Morgan fingerprint density at radius 3 is 1.73 bits per heavy atom. The van der Waals surface area contributed by atoms with Crippen molar-refractivity contribution in [3.8, 4) is 5.75 Å². The molecule has 0 bridgehead atoms. The van der Waals surface area contributed by atoms with E-state index in [4.69, 9.17) is 11.5 Å². The first-order chi connectivity index (χ1) is 20.9. The highest BCUT2D eigenvalue weighted by molar-refractivity contribution is 7.81. The van der Waals surface area contributed by atoms with E-state index in [-0.39, 0.29) is 17.1 Å². The summed E-state index contributed by atoms with van der Waals surface area (Å²) in [6.45, 7) is 15.3. The molecule has 0 aliphatic carbocycles. The Balaban J connectivity index is 0.000000238. The summed E-state index contributed by atoms with van der Waals surface area (Å²) in [4.78, 5) is 9.28. The summed E-state index contributed by atoms with van der Waals surface area (Å²) < 4.78 is 0. The molecule has 5 rings (SSSR count). The summed E-state index contributed by atoms with van der Waals surface area (Å²) in [5.41, 5.74) is 19.8. The second kappa shape index (κ2) is 15.5. The van der Waals surface area contributed by atoms with Crippen LogP contribution < -0.4 is 11.5 Å². The van der Waals surface area contributed by atoms with E-state index in [0.29, 0.717) is 42.5 Å². The Morgan fingerprint density at radius 1 is 0.614 bits per heavy atom. The van der Waals surface area contributed by atoms with Gasteiger partial charge in [0.2, 0.25) is 0 Å². The minimum Gasteiger partial charge on any atom is -0.505 e. The third kappa shape index (κ3) is 8.66. The van der Waals surface area contributed by atoms with E-state index in [2.05, 4.69) is 123 Å². The van der Waals surface area contributed by atoms with Gasteiger partial charge in [0.05, 0.1) is 28.1 Å². The maximum Gasteiger partial charge on any atom is 0.154 e. The Morgan fingerprint density at radius 2 is 1.18 bits per heavy atom. The zero-order chi connectivity index (χ0) is 32.6. The van der Waals surface area contributed by atoms with Crippen LogP contribution in [0.3, 0.4) is 0 Å². The molecular formula is C34H36N6OS3. The highest BCUT2D eigenvalue weighted by atomic mass is 32.1. The van der Waals surface area contributed by atoms with Gasteiger partial charge in [0.15, 0.2) is 5.75 Å². The summed E-state index contributed by atoms with van der Waals surface area (Å²) in [6.07, 6.45) is 0.